The summed E-state index contributed by atoms with van der Waals surface area (Å²) in [6, 6.07) is 7.47. The summed E-state index contributed by atoms with van der Waals surface area (Å²) in [6.45, 7) is 3.79. The number of rotatable bonds is 5. The topological polar surface area (TPSA) is 63.3 Å². The molecule has 0 bridgehead atoms. The number of Topliss-reactive ketones (excluding diaryl/α,β-unsaturated/α-hetero) is 1. The molecule has 0 saturated carbocycles. The molecular formula is C13H19NO2. The Labute approximate surface area is 96.3 Å². The van der Waals surface area contributed by atoms with E-state index < -0.39 is 12.6 Å². The number of benzene rings is 1. The Bertz CT molecular complexity index is 343. The summed E-state index contributed by atoms with van der Waals surface area (Å²) in [5.74, 6) is 0.190. The Morgan fingerprint density at radius 2 is 1.88 bits per heavy atom. The first kappa shape index (κ1) is 12.9. The molecule has 1 aromatic rings. The molecule has 0 fully saturated rings. The molecule has 0 spiro atoms. The van der Waals surface area contributed by atoms with Crippen LogP contribution in [-0.4, -0.2) is 23.5 Å². The van der Waals surface area contributed by atoms with Crippen LogP contribution in [0.15, 0.2) is 24.3 Å². The van der Waals surface area contributed by atoms with E-state index in [1.165, 1.54) is 5.56 Å². The summed E-state index contributed by atoms with van der Waals surface area (Å²) >= 11 is 0. The van der Waals surface area contributed by atoms with Gasteiger partial charge in [-0.1, -0.05) is 38.1 Å². The van der Waals surface area contributed by atoms with Crippen molar-refractivity contribution in [3.05, 3.63) is 35.4 Å². The van der Waals surface area contributed by atoms with E-state index >= 15 is 0 Å². The number of aliphatic hydroxyl groups is 1. The molecule has 0 amide bonds. The number of aliphatic hydroxyl groups excluding tert-OH is 1. The minimum Gasteiger partial charge on any atom is -0.389 e. The van der Waals surface area contributed by atoms with Gasteiger partial charge in [-0.05, 0) is 23.5 Å². The molecule has 0 aliphatic heterocycles. The van der Waals surface area contributed by atoms with Gasteiger partial charge in [0.2, 0.25) is 0 Å². The van der Waals surface area contributed by atoms with Gasteiger partial charge in [0, 0.05) is 0 Å². The maximum absolute atomic E-state index is 11.1. The fourth-order valence-electron chi connectivity index (χ4n) is 1.52. The minimum absolute atomic E-state index is 0.312. The highest BCUT2D eigenvalue weighted by molar-refractivity contribution is 5.84. The summed E-state index contributed by atoms with van der Waals surface area (Å²) in [4.78, 5) is 11.1. The average Bonchev–Trinajstić information content (AvgIpc) is 2.28. The predicted molar refractivity (Wildman–Crippen MR) is 64.3 cm³/mol. The zero-order valence-corrected chi connectivity index (χ0v) is 9.81. The second kappa shape index (κ2) is 5.77. The highest BCUT2D eigenvalue weighted by Crippen LogP contribution is 2.15. The molecule has 3 N–H and O–H groups in total. The third-order valence-electron chi connectivity index (χ3n) is 2.67. The zero-order chi connectivity index (χ0) is 12.1. The fourth-order valence-corrected chi connectivity index (χ4v) is 1.52. The lowest BCUT2D eigenvalue weighted by atomic mass is 9.98. The predicted octanol–water partition coefficient (Wildman–Crippen LogP) is 1.24. The SMILES string of the molecule is CC(C)c1ccc(C[C@H](N)C(=O)CO)cc1. The molecule has 3 nitrogen and oxygen atoms in total. The number of hydrogen-bond donors (Lipinski definition) is 2. The van der Waals surface area contributed by atoms with Gasteiger partial charge in [-0.25, -0.2) is 0 Å². The van der Waals surface area contributed by atoms with Crippen molar-refractivity contribution in [1.82, 2.24) is 0 Å². The van der Waals surface area contributed by atoms with E-state index in [1.54, 1.807) is 0 Å². The van der Waals surface area contributed by atoms with Gasteiger partial charge in [-0.2, -0.15) is 0 Å². The Morgan fingerprint density at radius 3 is 2.31 bits per heavy atom. The molecular weight excluding hydrogens is 202 g/mol. The fraction of sp³-hybridized carbons (Fsp3) is 0.462. The van der Waals surface area contributed by atoms with Crippen LogP contribution in [0.5, 0.6) is 0 Å². The molecule has 0 aliphatic carbocycles. The third kappa shape index (κ3) is 3.43. The third-order valence-corrected chi connectivity index (χ3v) is 2.67. The van der Waals surface area contributed by atoms with Gasteiger partial charge in [-0.3, -0.25) is 4.79 Å². The van der Waals surface area contributed by atoms with Crippen molar-refractivity contribution in [2.75, 3.05) is 6.61 Å². The molecule has 1 aromatic carbocycles. The van der Waals surface area contributed by atoms with Crippen molar-refractivity contribution in [3.63, 3.8) is 0 Å². The standard InChI is InChI=1S/C13H19NO2/c1-9(2)11-5-3-10(4-6-11)7-12(14)13(16)8-15/h3-6,9,12,15H,7-8,14H2,1-2H3/t12-/m0/s1. The van der Waals surface area contributed by atoms with Gasteiger partial charge in [-0.15, -0.1) is 0 Å². The van der Waals surface area contributed by atoms with E-state index in [4.69, 9.17) is 10.8 Å². The highest BCUT2D eigenvalue weighted by Gasteiger charge is 2.12. The van der Waals surface area contributed by atoms with Crippen LogP contribution in [0.2, 0.25) is 0 Å². The zero-order valence-electron chi connectivity index (χ0n) is 9.81. The lowest BCUT2D eigenvalue weighted by Crippen LogP contribution is -2.34. The van der Waals surface area contributed by atoms with Crippen molar-refractivity contribution in [2.45, 2.75) is 32.2 Å². The molecule has 0 radical (unpaired) electrons. The van der Waals surface area contributed by atoms with Gasteiger partial charge in [0.25, 0.3) is 0 Å². The molecule has 0 heterocycles. The summed E-state index contributed by atoms with van der Waals surface area (Å²) < 4.78 is 0. The van der Waals surface area contributed by atoms with Crippen molar-refractivity contribution >= 4 is 5.78 Å². The molecule has 1 atom stereocenters. The maximum Gasteiger partial charge on any atom is 0.175 e. The first-order valence-electron chi connectivity index (χ1n) is 5.52. The van der Waals surface area contributed by atoms with Crippen LogP contribution in [0.3, 0.4) is 0 Å². The van der Waals surface area contributed by atoms with Crippen LogP contribution in [0.4, 0.5) is 0 Å². The monoisotopic (exact) mass is 221 g/mol. The lowest BCUT2D eigenvalue weighted by molar-refractivity contribution is -0.122. The maximum atomic E-state index is 11.1. The second-order valence-corrected chi connectivity index (χ2v) is 4.33. The number of carbonyl (C=O) groups excluding carboxylic acids is 1. The molecule has 16 heavy (non-hydrogen) atoms. The van der Waals surface area contributed by atoms with Crippen molar-refractivity contribution in [2.24, 2.45) is 5.73 Å². The van der Waals surface area contributed by atoms with Crippen LogP contribution in [-0.2, 0) is 11.2 Å². The van der Waals surface area contributed by atoms with Crippen LogP contribution in [0.25, 0.3) is 0 Å². The van der Waals surface area contributed by atoms with Crippen molar-refractivity contribution < 1.29 is 9.90 Å². The van der Waals surface area contributed by atoms with E-state index in [0.29, 0.717) is 12.3 Å². The van der Waals surface area contributed by atoms with E-state index in [9.17, 15) is 4.79 Å². The van der Waals surface area contributed by atoms with E-state index in [0.717, 1.165) is 5.56 Å². The molecule has 1 rings (SSSR count). The van der Waals surface area contributed by atoms with Gasteiger partial charge < -0.3 is 10.8 Å². The van der Waals surface area contributed by atoms with E-state index in [1.807, 2.05) is 12.1 Å². The Balaban J connectivity index is 2.65. The average molecular weight is 221 g/mol. The summed E-state index contributed by atoms with van der Waals surface area (Å²) in [5, 5.41) is 8.67. The molecule has 0 saturated heterocycles. The van der Waals surface area contributed by atoms with E-state index in [-0.39, 0.29) is 5.78 Å². The molecule has 88 valence electrons. The van der Waals surface area contributed by atoms with E-state index in [2.05, 4.69) is 26.0 Å². The van der Waals surface area contributed by atoms with Crippen LogP contribution < -0.4 is 5.73 Å². The first-order valence-corrected chi connectivity index (χ1v) is 5.52. The molecule has 0 unspecified atom stereocenters. The van der Waals surface area contributed by atoms with Crippen LogP contribution in [0, 0.1) is 0 Å². The quantitative estimate of drug-likeness (QED) is 0.786. The van der Waals surface area contributed by atoms with Gasteiger partial charge >= 0.3 is 0 Å². The van der Waals surface area contributed by atoms with Crippen molar-refractivity contribution in [1.29, 1.82) is 0 Å². The molecule has 3 heteroatoms. The second-order valence-electron chi connectivity index (χ2n) is 4.33. The minimum atomic E-state index is -0.602. The normalized spacial score (nSPS) is 12.8. The highest BCUT2D eigenvalue weighted by atomic mass is 16.3. The summed E-state index contributed by atoms with van der Waals surface area (Å²) in [5.41, 5.74) is 7.94. The number of ketones is 1. The Hall–Kier alpha value is -1.19. The smallest absolute Gasteiger partial charge is 0.175 e. The molecule has 0 aromatic heterocycles. The van der Waals surface area contributed by atoms with Gasteiger partial charge in [0.15, 0.2) is 5.78 Å². The van der Waals surface area contributed by atoms with Crippen molar-refractivity contribution in [3.8, 4) is 0 Å². The van der Waals surface area contributed by atoms with Crippen LogP contribution >= 0.6 is 0 Å². The largest absolute Gasteiger partial charge is 0.389 e. The van der Waals surface area contributed by atoms with Gasteiger partial charge in [0.05, 0.1) is 6.04 Å². The van der Waals surface area contributed by atoms with Crippen LogP contribution in [0.1, 0.15) is 30.9 Å². The number of hydrogen-bond acceptors (Lipinski definition) is 3. The first-order chi connectivity index (χ1) is 7.54. The lowest BCUT2D eigenvalue weighted by Gasteiger charge is -2.10. The van der Waals surface area contributed by atoms with Gasteiger partial charge in [0.1, 0.15) is 6.61 Å². The summed E-state index contributed by atoms with van der Waals surface area (Å²) in [7, 11) is 0. The Kier molecular flexibility index (Phi) is 4.65. The number of nitrogens with two attached hydrogens (primary N) is 1. The Morgan fingerprint density at radius 1 is 1.31 bits per heavy atom. The number of carbonyl (C=O) groups is 1. The molecule has 0 aliphatic rings. The summed E-state index contributed by atoms with van der Waals surface area (Å²) in [6.07, 6.45) is 0.484.